The lowest BCUT2D eigenvalue weighted by Gasteiger charge is -2.08. The van der Waals surface area contributed by atoms with Crippen molar-refractivity contribution in [1.82, 2.24) is 0 Å². The number of hydrogen-bond donors (Lipinski definition) is 0. The third kappa shape index (κ3) is 5.11. The molecule has 0 aliphatic carbocycles. The Labute approximate surface area is 167 Å². The Bertz CT molecular complexity index is 969. The van der Waals surface area contributed by atoms with Crippen molar-refractivity contribution < 1.29 is 9.59 Å². The predicted octanol–water partition coefficient (Wildman–Crippen LogP) is 6.30. The van der Waals surface area contributed by atoms with Gasteiger partial charge in [0.15, 0.2) is 11.6 Å². The van der Waals surface area contributed by atoms with Crippen LogP contribution in [0.5, 0.6) is 0 Å². The zero-order valence-corrected chi connectivity index (χ0v) is 16.6. The summed E-state index contributed by atoms with van der Waals surface area (Å²) >= 11 is 3.38. The van der Waals surface area contributed by atoms with Gasteiger partial charge in [-0.15, -0.1) is 0 Å². The van der Waals surface area contributed by atoms with Crippen molar-refractivity contribution in [2.75, 3.05) is 0 Å². The van der Waals surface area contributed by atoms with Crippen LogP contribution in [0, 0.1) is 6.92 Å². The van der Waals surface area contributed by atoms with Gasteiger partial charge >= 0.3 is 0 Å². The third-order valence-corrected chi connectivity index (χ3v) is 4.83. The van der Waals surface area contributed by atoms with Crippen LogP contribution in [0.3, 0.4) is 0 Å². The first-order valence-electron chi connectivity index (χ1n) is 8.69. The lowest BCUT2D eigenvalue weighted by molar-refractivity contribution is 0.0998. The molecule has 0 amide bonds. The van der Waals surface area contributed by atoms with Gasteiger partial charge in [0, 0.05) is 22.0 Å². The van der Waals surface area contributed by atoms with E-state index in [9.17, 15) is 9.59 Å². The fourth-order valence-corrected chi connectivity index (χ4v) is 3.02. The van der Waals surface area contributed by atoms with Gasteiger partial charge in [0.2, 0.25) is 0 Å². The van der Waals surface area contributed by atoms with Crippen molar-refractivity contribution in [1.29, 1.82) is 0 Å². The molecule has 0 radical (unpaired) electrons. The maximum Gasteiger partial charge on any atom is 0.186 e. The second-order valence-corrected chi connectivity index (χ2v) is 7.29. The van der Waals surface area contributed by atoms with Gasteiger partial charge in [-0.1, -0.05) is 88.2 Å². The maximum absolute atomic E-state index is 12.7. The van der Waals surface area contributed by atoms with Crippen molar-refractivity contribution in [3.8, 4) is 0 Å². The number of rotatable bonds is 6. The van der Waals surface area contributed by atoms with E-state index in [-0.39, 0.29) is 18.0 Å². The van der Waals surface area contributed by atoms with Gasteiger partial charge in [-0.3, -0.25) is 9.59 Å². The minimum Gasteiger partial charge on any atom is -0.294 e. The van der Waals surface area contributed by atoms with E-state index in [1.807, 2.05) is 73.7 Å². The largest absolute Gasteiger partial charge is 0.294 e. The first-order chi connectivity index (χ1) is 13.0. The highest BCUT2D eigenvalue weighted by atomic mass is 79.9. The molecule has 0 saturated heterocycles. The van der Waals surface area contributed by atoms with Crippen LogP contribution < -0.4 is 0 Å². The topological polar surface area (TPSA) is 34.1 Å². The Kier molecular flexibility index (Phi) is 6.15. The molecule has 0 bridgehead atoms. The summed E-state index contributed by atoms with van der Waals surface area (Å²) in [6, 6.07) is 24.3. The molecule has 0 aliphatic rings. The summed E-state index contributed by atoms with van der Waals surface area (Å²) in [4.78, 5) is 25.4. The normalized spacial score (nSPS) is 11.3. The fraction of sp³-hybridized carbons (Fsp3) is 0.0833. The van der Waals surface area contributed by atoms with Crippen molar-refractivity contribution in [2.24, 2.45) is 0 Å². The molecule has 3 rings (SSSR count). The van der Waals surface area contributed by atoms with Gasteiger partial charge < -0.3 is 0 Å². The summed E-state index contributed by atoms with van der Waals surface area (Å²) in [5.74, 6) is -0.119. The molecule has 0 spiro atoms. The van der Waals surface area contributed by atoms with Crippen LogP contribution in [0.4, 0.5) is 0 Å². The Morgan fingerprint density at radius 1 is 0.778 bits per heavy atom. The van der Waals surface area contributed by atoms with E-state index < -0.39 is 0 Å². The molecule has 0 unspecified atom stereocenters. The van der Waals surface area contributed by atoms with Crippen LogP contribution >= 0.6 is 15.9 Å². The number of Topliss-reactive ketones (excluding diaryl/α,β-unsaturated/α-hetero) is 1. The van der Waals surface area contributed by atoms with E-state index in [2.05, 4.69) is 15.9 Å². The number of carbonyl (C=O) groups is 2. The summed E-state index contributed by atoms with van der Waals surface area (Å²) < 4.78 is 0.924. The van der Waals surface area contributed by atoms with Crippen LogP contribution in [-0.4, -0.2) is 11.6 Å². The Morgan fingerprint density at radius 3 is 2.00 bits per heavy atom. The average molecular weight is 419 g/mol. The number of benzene rings is 3. The lowest BCUT2D eigenvalue weighted by Crippen LogP contribution is -2.03. The van der Waals surface area contributed by atoms with Gasteiger partial charge in [-0.25, -0.2) is 0 Å². The van der Waals surface area contributed by atoms with Gasteiger partial charge in [0.05, 0.1) is 0 Å². The fourth-order valence-electron chi connectivity index (χ4n) is 2.76. The molecule has 2 nitrogen and oxygen atoms in total. The number of ketones is 2. The zero-order valence-electron chi connectivity index (χ0n) is 15.0. The highest BCUT2D eigenvalue weighted by Crippen LogP contribution is 2.22. The molecule has 0 saturated carbocycles. The van der Waals surface area contributed by atoms with E-state index >= 15 is 0 Å². The van der Waals surface area contributed by atoms with E-state index in [0.717, 1.165) is 15.6 Å². The summed E-state index contributed by atoms with van der Waals surface area (Å²) in [6.45, 7) is 1.98. The highest BCUT2D eigenvalue weighted by Gasteiger charge is 2.13. The second-order valence-electron chi connectivity index (χ2n) is 6.37. The van der Waals surface area contributed by atoms with E-state index in [1.54, 1.807) is 18.2 Å². The zero-order chi connectivity index (χ0) is 19.2. The van der Waals surface area contributed by atoms with Crippen LogP contribution in [0.25, 0.3) is 5.57 Å². The monoisotopic (exact) mass is 418 g/mol. The Hall–Kier alpha value is -2.78. The van der Waals surface area contributed by atoms with Crippen molar-refractivity contribution in [3.05, 3.63) is 112 Å². The van der Waals surface area contributed by atoms with E-state index in [1.165, 1.54) is 0 Å². The smallest absolute Gasteiger partial charge is 0.186 e. The predicted molar refractivity (Wildman–Crippen MR) is 113 cm³/mol. The molecule has 0 N–H and O–H groups in total. The van der Waals surface area contributed by atoms with Crippen molar-refractivity contribution >= 4 is 33.1 Å². The van der Waals surface area contributed by atoms with E-state index in [0.29, 0.717) is 16.7 Å². The number of allylic oxidation sites excluding steroid dienone is 2. The molecule has 0 aliphatic heterocycles. The quantitative estimate of drug-likeness (QED) is 0.347. The maximum atomic E-state index is 12.7. The number of carbonyl (C=O) groups excluding carboxylic acids is 2. The molecule has 134 valence electrons. The Balaban J connectivity index is 1.91. The van der Waals surface area contributed by atoms with Gasteiger partial charge in [0.25, 0.3) is 0 Å². The number of halogens is 1. The summed E-state index contributed by atoms with van der Waals surface area (Å²) in [5, 5.41) is 0. The molecule has 0 atom stereocenters. The van der Waals surface area contributed by atoms with Gasteiger partial charge in [-0.05, 0) is 36.3 Å². The Morgan fingerprint density at radius 2 is 1.37 bits per heavy atom. The summed E-state index contributed by atoms with van der Waals surface area (Å²) in [7, 11) is 0. The molecular weight excluding hydrogens is 400 g/mol. The standard InChI is InChI=1S/C24H19BrO2/c1-17-7-9-19(10-8-17)23(26)15-21(18-5-3-2-4-6-18)16-24(27)20-11-13-22(25)14-12-20/h2-15H,16H2,1H3/b21-15+. The third-order valence-electron chi connectivity index (χ3n) is 4.30. The van der Waals surface area contributed by atoms with Crippen LogP contribution in [0.1, 0.15) is 38.3 Å². The van der Waals surface area contributed by atoms with Gasteiger partial charge in [-0.2, -0.15) is 0 Å². The summed E-state index contributed by atoms with van der Waals surface area (Å²) in [6.07, 6.45) is 1.75. The molecule has 3 heteroatoms. The first kappa shape index (κ1) is 19.0. The minimum absolute atomic E-state index is 0.0192. The number of hydrogen-bond acceptors (Lipinski definition) is 2. The molecule has 3 aromatic rings. The van der Waals surface area contributed by atoms with Crippen molar-refractivity contribution in [2.45, 2.75) is 13.3 Å². The van der Waals surface area contributed by atoms with Crippen LogP contribution in [-0.2, 0) is 0 Å². The first-order valence-corrected chi connectivity index (χ1v) is 9.48. The van der Waals surface area contributed by atoms with Gasteiger partial charge in [0.1, 0.15) is 0 Å². The molecule has 0 aromatic heterocycles. The van der Waals surface area contributed by atoms with Crippen LogP contribution in [0.15, 0.2) is 89.4 Å². The van der Waals surface area contributed by atoms with Crippen molar-refractivity contribution in [3.63, 3.8) is 0 Å². The van der Waals surface area contributed by atoms with Crippen LogP contribution in [0.2, 0.25) is 0 Å². The minimum atomic E-state index is -0.0996. The molecule has 3 aromatic carbocycles. The SMILES string of the molecule is Cc1ccc(C(=O)/C=C(\CC(=O)c2ccc(Br)cc2)c2ccccc2)cc1. The van der Waals surface area contributed by atoms with E-state index in [4.69, 9.17) is 0 Å². The molecule has 0 fully saturated rings. The lowest BCUT2D eigenvalue weighted by atomic mass is 9.95. The molecular formula is C24H19BrO2. The average Bonchev–Trinajstić information content (AvgIpc) is 2.69. The second kappa shape index (κ2) is 8.74. The molecule has 27 heavy (non-hydrogen) atoms. The molecule has 0 heterocycles. The summed E-state index contributed by atoms with van der Waals surface area (Å²) in [5.41, 5.74) is 3.94. The number of aryl methyl sites for hydroxylation is 1. The highest BCUT2D eigenvalue weighted by molar-refractivity contribution is 9.10.